The highest BCUT2D eigenvalue weighted by molar-refractivity contribution is 5.47. The number of ether oxygens (including phenoxy) is 2. The zero-order valence-corrected chi connectivity index (χ0v) is 12.7. The standard InChI is InChI=1S/C17H27NO2/c1-4-7-8-12-20-17-14(13-15(18)5-2)10-9-11-16(17)19-6-3/h4,9-11,15H,1,5-8,12-13,18H2,2-3H3. The van der Waals surface area contributed by atoms with Crippen molar-refractivity contribution in [1.29, 1.82) is 0 Å². The summed E-state index contributed by atoms with van der Waals surface area (Å²) in [4.78, 5) is 0. The molecule has 0 aromatic heterocycles. The van der Waals surface area contributed by atoms with Crippen LogP contribution in [0.2, 0.25) is 0 Å². The molecule has 1 unspecified atom stereocenters. The van der Waals surface area contributed by atoms with Crippen molar-refractivity contribution < 1.29 is 9.47 Å². The number of para-hydroxylation sites is 1. The molecule has 0 aliphatic rings. The Bertz CT molecular complexity index is 404. The van der Waals surface area contributed by atoms with Crippen LogP contribution < -0.4 is 15.2 Å². The molecule has 0 saturated carbocycles. The molecule has 0 fully saturated rings. The molecule has 0 aliphatic heterocycles. The second-order valence-electron chi connectivity index (χ2n) is 4.83. The van der Waals surface area contributed by atoms with Crippen LogP contribution in [0, 0.1) is 0 Å². The van der Waals surface area contributed by atoms with Crippen LogP contribution in [0.3, 0.4) is 0 Å². The average Bonchev–Trinajstić information content (AvgIpc) is 2.46. The predicted molar refractivity (Wildman–Crippen MR) is 84.5 cm³/mol. The number of rotatable bonds is 10. The van der Waals surface area contributed by atoms with Crippen molar-refractivity contribution in [3.63, 3.8) is 0 Å². The molecule has 1 atom stereocenters. The quantitative estimate of drug-likeness (QED) is 0.524. The highest BCUT2D eigenvalue weighted by Gasteiger charge is 2.13. The topological polar surface area (TPSA) is 44.5 Å². The minimum atomic E-state index is 0.155. The van der Waals surface area contributed by atoms with Gasteiger partial charge in [-0.1, -0.05) is 25.1 Å². The summed E-state index contributed by atoms with van der Waals surface area (Å²) in [6.45, 7) is 9.10. The largest absolute Gasteiger partial charge is 0.490 e. The molecule has 1 aromatic rings. The van der Waals surface area contributed by atoms with Gasteiger partial charge in [0.05, 0.1) is 13.2 Å². The molecule has 0 aliphatic carbocycles. The van der Waals surface area contributed by atoms with E-state index in [0.29, 0.717) is 13.2 Å². The van der Waals surface area contributed by atoms with E-state index in [2.05, 4.69) is 19.6 Å². The number of hydrogen-bond acceptors (Lipinski definition) is 3. The lowest BCUT2D eigenvalue weighted by atomic mass is 10.0. The molecule has 112 valence electrons. The Labute approximate surface area is 122 Å². The minimum Gasteiger partial charge on any atom is -0.490 e. The maximum Gasteiger partial charge on any atom is 0.164 e. The van der Waals surface area contributed by atoms with Gasteiger partial charge >= 0.3 is 0 Å². The van der Waals surface area contributed by atoms with Gasteiger partial charge in [-0.05, 0) is 44.2 Å². The molecule has 2 N–H and O–H groups in total. The molecule has 0 bridgehead atoms. The highest BCUT2D eigenvalue weighted by atomic mass is 16.5. The Morgan fingerprint density at radius 3 is 2.75 bits per heavy atom. The van der Waals surface area contributed by atoms with Crippen molar-refractivity contribution >= 4 is 0 Å². The van der Waals surface area contributed by atoms with Gasteiger partial charge in [0.25, 0.3) is 0 Å². The van der Waals surface area contributed by atoms with Gasteiger partial charge in [-0.2, -0.15) is 0 Å². The van der Waals surface area contributed by atoms with E-state index in [9.17, 15) is 0 Å². The summed E-state index contributed by atoms with van der Waals surface area (Å²) in [7, 11) is 0. The Morgan fingerprint density at radius 2 is 2.10 bits per heavy atom. The van der Waals surface area contributed by atoms with Gasteiger partial charge in [0.2, 0.25) is 0 Å². The van der Waals surface area contributed by atoms with Crippen LogP contribution in [0.4, 0.5) is 0 Å². The zero-order valence-electron chi connectivity index (χ0n) is 12.7. The van der Waals surface area contributed by atoms with Crippen LogP contribution in [-0.2, 0) is 6.42 Å². The first-order valence-electron chi connectivity index (χ1n) is 7.46. The maximum atomic E-state index is 6.06. The molecule has 0 heterocycles. The molecule has 3 heteroatoms. The molecule has 20 heavy (non-hydrogen) atoms. The first-order valence-corrected chi connectivity index (χ1v) is 7.46. The van der Waals surface area contributed by atoms with Crippen LogP contribution in [0.15, 0.2) is 30.9 Å². The Balaban J connectivity index is 2.84. The molecular weight excluding hydrogens is 250 g/mol. The smallest absolute Gasteiger partial charge is 0.164 e. The lowest BCUT2D eigenvalue weighted by molar-refractivity contribution is 0.271. The molecular formula is C17H27NO2. The van der Waals surface area contributed by atoms with Crippen LogP contribution in [0.1, 0.15) is 38.7 Å². The van der Waals surface area contributed by atoms with Crippen molar-refractivity contribution in [2.75, 3.05) is 13.2 Å². The number of nitrogens with two attached hydrogens (primary N) is 1. The third kappa shape index (κ3) is 5.25. The van der Waals surface area contributed by atoms with E-state index in [0.717, 1.165) is 42.7 Å². The van der Waals surface area contributed by atoms with Gasteiger partial charge in [-0.25, -0.2) is 0 Å². The molecule has 0 saturated heterocycles. The van der Waals surface area contributed by atoms with Crippen molar-refractivity contribution in [1.82, 2.24) is 0 Å². The van der Waals surface area contributed by atoms with Gasteiger partial charge in [0.1, 0.15) is 0 Å². The fourth-order valence-electron chi connectivity index (χ4n) is 1.98. The minimum absolute atomic E-state index is 0.155. The summed E-state index contributed by atoms with van der Waals surface area (Å²) in [6.07, 6.45) is 5.60. The van der Waals surface area contributed by atoms with Crippen LogP contribution in [0.25, 0.3) is 0 Å². The number of unbranched alkanes of at least 4 members (excludes halogenated alkanes) is 1. The summed E-state index contributed by atoms with van der Waals surface area (Å²) < 4.78 is 11.6. The summed E-state index contributed by atoms with van der Waals surface area (Å²) in [6, 6.07) is 6.18. The van der Waals surface area contributed by atoms with Crippen molar-refractivity contribution in [2.45, 2.75) is 45.6 Å². The van der Waals surface area contributed by atoms with Gasteiger partial charge in [-0.15, -0.1) is 6.58 Å². The van der Waals surface area contributed by atoms with Crippen molar-refractivity contribution in [3.05, 3.63) is 36.4 Å². The van der Waals surface area contributed by atoms with Gasteiger partial charge < -0.3 is 15.2 Å². The van der Waals surface area contributed by atoms with E-state index < -0.39 is 0 Å². The fourth-order valence-corrected chi connectivity index (χ4v) is 1.98. The lowest BCUT2D eigenvalue weighted by Crippen LogP contribution is -2.22. The fraction of sp³-hybridized carbons (Fsp3) is 0.529. The van der Waals surface area contributed by atoms with Crippen LogP contribution in [-0.4, -0.2) is 19.3 Å². The Morgan fingerprint density at radius 1 is 1.30 bits per heavy atom. The molecule has 0 spiro atoms. The second kappa shape index (κ2) is 9.43. The normalized spacial score (nSPS) is 11.9. The Hall–Kier alpha value is -1.48. The van der Waals surface area contributed by atoms with Gasteiger partial charge in [0.15, 0.2) is 11.5 Å². The van der Waals surface area contributed by atoms with E-state index >= 15 is 0 Å². The summed E-state index contributed by atoms with van der Waals surface area (Å²) in [5, 5.41) is 0. The average molecular weight is 277 g/mol. The molecule has 0 amide bonds. The van der Waals surface area contributed by atoms with Crippen LogP contribution in [0.5, 0.6) is 11.5 Å². The number of hydrogen-bond donors (Lipinski definition) is 1. The van der Waals surface area contributed by atoms with Crippen LogP contribution >= 0.6 is 0 Å². The van der Waals surface area contributed by atoms with E-state index in [4.69, 9.17) is 15.2 Å². The summed E-state index contributed by atoms with van der Waals surface area (Å²) in [5.41, 5.74) is 7.19. The maximum absolute atomic E-state index is 6.06. The van der Waals surface area contributed by atoms with E-state index in [1.807, 2.05) is 25.1 Å². The van der Waals surface area contributed by atoms with Crippen molar-refractivity contribution in [2.24, 2.45) is 5.73 Å². The van der Waals surface area contributed by atoms with Gasteiger partial charge in [0, 0.05) is 6.04 Å². The van der Waals surface area contributed by atoms with E-state index in [1.165, 1.54) is 0 Å². The highest BCUT2D eigenvalue weighted by Crippen LogP contribution is 2.32. The number of allylic oxidation sites excluding steroid dienone is 1. The molecule has 1 aromatic carbocycles. The SMILES string of the molecule is C=CCCCOc1c(CC(N)CC)cccc1OCC. The summed E-state index contributed by atoms with van der Waals surface area (Å²) >= 11 is 0. The Kier molecular flexibility index (Phi) is 7.81. The monoisotopic (exact) mass is 277 g/mol. The second-order valence-corrected chi connectivity index (χ2v) is 4.83. The first kappa shape index (κ1) is 16.6. The van der Waals surface area contributed by atoms with Gasteiger partial charge in [-0.3, -0.25) is 0 Å². The number of benzene rings is 1. The van der Waals surface area contributed by atoms with E-state index in [1.54, 1.807) is 0 Å². The first-order chi connectivity index (χ1) is 9.72. The zero-order chi connectivity index (χ0) is 14.8. The summed E-state index contributed by atoms with van der Waals surface area (Å²) in [5.74, 6) is 1.66. The van der Waals surface area contributed by atoms with Crippen molar-refractivity contribution in [3.8, 4) is 11.5 Å². The molecule has 0 radical (unpaired) electrons. The lowest BCUT2D eigenvalue weighted by Gasteiger charge is -2.17. The third-order valence-corrected chi connectivity index (χ3v) is 3.17. The van der Waals surface area contributed by atoms with E-state index in [-0.39, 0.29) is 6.04 Å². The molecule has 1 rings (SSSR count). The third-order valence-electron chi connectivity index (χ3n) is 3.17. The molecule has 3 nitrogen and oxygen atoms in total. The predicted octanol–water partition coefficient (Wildman–Crippen LogP) is 3.71.